The minimum atomic E-state index is 0.738. The Bertz CT molecular complexity index is 525. The zero-order chi connectivity index (χ0) is 12.4. The fourth-order valence-corrected chi connectivity index (χ4v) is 1.85. The van der Waals surface area contributed by atoms with Gasteiger partial charge in [0.1, 0.15) is 5.82 Å². The van der Waals surface area contributed by atoms with E-state index in [2.05, 4.69) is 20.9 Å². The molecule has 0 unspecified atom stereocenters. The molecule has 0 saturated heterocycles. The zero-order valence-electron chi connectivity index (χ0n) is 9.61. The van der Waals surface area contributed by atoms with E-state index >= 15 is 0 Å². The zero-order valence-corrected chi connectivity index (χ0v) is 12.0. The molecule has 0 bridgehead atoms. The monoisotopic (exact) mass is 310 g/mol. The minimum Gasteiger partial charge on any atom is -0.329 e. The van der Waals surface area contributed by atoms with Crippen molar-refractivity contribution in [1.82, 2.24) is 4.98 Å². The molecule has 0 atom stereocenters. The number of nitrogens with zero attached hydrogens (tertiary/aromatic N) is 2. The summed E-state index contributed by atoms with van der Waals surface area (Å²) in [5, 5.41) is 0.738. The Labute approximate surface area is 114 Å². The third-order valence-electron chi connectivity index (χ3n) is 2.59. The molecular formula is C13H12BrClN2. The first kappa shape index (κ1) is 12.4. The molecule has 0 amide bonds. The van der Waals surface area contributed by atoms with Crippen molar-refractivity contribution in [2.45, 2.75) is 6.92 Å². The normalized spacial score (nSPS) is 10.4. The fourth-order valence-electron chi connectivity index (χ4n) is 1.50. The average Bonchev–Trinajstić information content (AvgIpc) is 2.33. The standard InChI is InChI=1S/C13H12BrClN2/c1-9-7-13(16-8-12(9)14)17(2)11-5-3-10(15)4-6-11/h3-8H,1-2H3. The van der Waals surface area contributed by atoms with E-state index in [9.17, 15) is 0 Å². The van der Waals surface area contributed by atoms with Crippen LogP contribution in [0.5, 0.6) is 0 Å². The molecule has 1 heterocycles. The van der Waals surface area contributed by atoms with Crippen LogP contribution >= 0.6 is 27.5 Å². The number of aromatic nitrogens is 1. The summed E-state index contributed by atoms with van der Waals surface area (Å²) >= 11 is 9.31. The molecule has 0 aliphatic heterocycles. The van der Waals surface area contributed by atoms with Crippen molar-refractivity contribution < 1.29 is 0 Å². The summed E-state index contributed by atoms with van der Waals surface area (Å²) in [5.74, 6) is 0.910. The fraction of sp³-hybridized carbons (Fsp3) is 0.154. The van der Waals surface area contributed by atoms with E-state index in [1.165, 1.54) is 0 Å². The van der Waals surface area contributed by atoms with Crippen LogP contribution in [0.2, 0.25) is 5.02 Å². The summed E-state index contributed by atoms with van der Waals surface area (Å²) in [6.07, 6.45) is 1.82. The van der Waals surface area contributed by atoms with Gasteiger partial charge in [0.25, 0.3) is 0 Å². The maximum Gasteiger partial charge on any atom is 0.132 e. The minimum absolute atomic E-state index is 0.738. The molecule has 0 fully saturated rings. The van der Waals surface area contributed by atoms with Crippen molar-refractivity contribution in [3.05, 3.63) is 51.6 Å². The van der Waals surface area contributed by atoms with Gasteiger partial charge in [-0.3, -0.25) is 0 Å². The van der Waals surface area contributed by atoms with Gasteiger partial charge in [0.05, 0.1) is 0 Å². The Hall–Kier alpha value is -1.06. The number of rotatable bonds is 2. The summed E-state index contributed by atoms with van der Waals surface area (Å²) < 4.78 is 1.02. The molecule has 0 radical (unpaired) electrons. The first-order valence-electron chi connectivity index (χ1n) is 5.19. The van der Waals surface area contributed by atoms with Crippen LogP contribution in [0.1, 0.15) is 5.56 Å². The van der Waals surface area contributed by atoms with Gasteiger partial charge in [-0.05, 0) is 58.7 Å². The lowest BCUT2D eigenvalue weighted by Crippen LogP contribution is -2.11. The number of aryl methyl sites for hydroxylation is 1. The van der Waals surface area contributed by atoms with Gasteiger partial charge >= 0.3 is 0 Å². The second kappa shape index (κ2) is 5.07. The maximum absolute atomic E-state index is 5.87. The number of hydrogen-bond donors (Lipinski definition) is 0. The largest absolute Gasteiger partial charge is 0.329 e. The predicted octanol–water partition coefficient (Wildman–Crippen LogP) is 4.57. The summed E-state index contributed by atoms with van der Waals surface area (Å²) in [6, 6.07) is 9.74. The smallest absolute Gasteiger partial charge is 0.132 e. The van der Waals surface area contributed by atoms with Crippen molar-refractivity contribution in [2.75, 3.05) is 11.9 Å². The van der Waals surface area contributed by atoms with E-state index in [4.69, 9.17) is 11.6 Å². The van der Waals surface area contributed by atoms with Crippen LogP contribution in [-0.2, 0) is 0 Å². The first-order valence-corrected chi connectivity index (χ1v) is 6.36. The van der Waals surface area contributed by atoms with Crippen LogP contribution in [0.3, 0.4) is 0 Å². The Balaban J connectivity index is 2.33. The molecule has 1 aromatic carbocycles. The van der Waals surface area contributed by atoms with Crippen LogP contribution < -0.4 is 4.90 Å². The van der Waals surface area contributed by atoms with Crippen LogP contribution in [0.15, 0.2) is 41.0 Å². The van der Waals surface area contributed by atoms with Gasteiger partial charge in [-0.2, -0.15) is 0 Å². The van der Waals surface area contributed by atoms with Gasteiger partial charge in [-0.1, -0.05) is 11.6 Å². The van der Waals surface area contributed by atoms with Crippen molar-refractivity contribution >= 4 is 39.0 Å². The van der Waals surface area contributed by atoms with Crippen molar-refractivity contribution in [2.24, 2.45) is 0 Å². The van der Waals surface area contributed by atoms with Crippen LogP contribution in [-0.4, -0.2) is 12.0 Å². The van der Waals surface area contributed by atoms with E-state index in [0.717, 1.165) is 26.6 Å². The number of benzene rings is 1. The summed E-state index contributed by atoms with van der Waals surface area (Å²) in [4.78, 5) is 6.41. The van der Waals surface area contributed by atoms with E-state index < -0.39 is 0 Å². The number of anilines is 2. The van der Waals surface area contributed by atoms with Gasteiger partial charge in [0, 0.05) is 28.4 Å². The maximum atomic E-state index is 5.87. The Morgan fingerprint density at radius 1 is 1.24 bits per heavy atom. The quantitative estimate of drug-likeness (QED) is 0.807. The summed E-state index contributed by atoms with van der Waals surface area (Å²) in [5.41, 5.74) is 2.22. The Morgan fingerprint density at radius 3 is 2.47 bits per heavy atom. The average molecular weight is 312 g/mol. The molecular weight excluding hydrogens is 300 g/mol. The highest BCUT2D eigenvalue weighted by molar-refractivity contribution is 9.10. The SMILES string of the molecule is Cc1cc(N(C)c2ccc(Cl)cc2)ncc1Br. The molecule has 0 aliphatic rings. The van der Waals surface area contributed by atoms with Crippen LogP contribution in [0, 0.1) is 6.92 Å². The second-order valence-electron chi connectivity index (χ2n) is 3.83. The molecule has 4 heteroatoms. The van der Waals surface area contributed by atoms with Gasteiger partial charge in [0.2, 0.25) is 0 Å². The Morgan fingerprint density at radius 2 is 1.88 bits per heavy atom. The molecule has 2 rings (SSSR count). The van der Waals surface area contributed by atoms with E-state index in [-0.39, 0.29) is 0 Å². The van der Waals surface area contributed by atoms with E-state index in [1.54, 1.807) is 0 Å². The lowest BCUT2D eigenvalue weighted by atomic mass is 10.2. The van der Waals surface area contributed by atoms with E-state index in [0.29, 0.717) is 0 Å². The van der Waals surface area contributed by atoms with Crippen molar-refractivity contribution in [3.63, 3.8) is 0 Å². The summed E-state index contributed by atoms with van der Waals surface area (Å²) in [6.45, 7) is 2.05. The predicted molar refractivity (Wildman–Crippen MR) is 76.2 cm³/mol. The van der Waals surface area contributed by atoms with Gasteiger partial charge < -0.3 is 4.90 Å². The Kier molecular flexibility index (Phi) is 3.69. The lowest BCUT2D eigenvalue weighted by molar-refractivity contribution is 1.11. The molecule has 0 spiro atoms. The number of pyridine rings is 1. The first-order chi connectivity index (χ1) is 8.08. The molecule has 0 N–H and O–H groups in total. The van der Waals surface area contributed by atoms with E-state index in [1.807, 2.05) is 55.4 Å². The summed E-state index contributed by atoms with van der Waals surface area (Å²) in [7, 11) is 1.99. The highest BCUT2D eigenvalue weighted by atomic mass is 79.9. The number of halogens is 2. The molecule has 0 saturated carbocycles. The molecule has 1 aromatic heterocycles. The molecule has 88 valence electrons. The third-order valence-corrected chi connectivity index (χ3v) is 3.67. The van der Waals surface area contributed by atoms with Gasteiger partial charge in [-0.15, -0.1) is 0 Å². The number of hydrogen-bond acceptors (Lipinski definition) is 2. The lowest BCUT2D eigenvalue weighted by Gasteiger charge is -2.19. The van der Waals surface area contributed by atoms with Gasteiger partial charge in [-0.25, -0.2) is 4.98 Å². The second-order valence-corrected chi connectivity index (χ2v) is 5.12. The highest BCUT2D eigenvalue weighted by Gasteiger charge is 2.06. The van der Waals surface area contributed by atoms with Crippen molar-refractivity contribution in [1.29, 1.82) is 0 Å². The highest BCUT2D eigenvalue weighted by Crippen LogP contribution is 2.25. The van der Waals surface area contributed by atoms with Crippen LogP contribution in [0.25, 0.3) is 0 Å². The molecule has 0 aliphatic carbocycles. The molecule has 2 aromatic rings. The topological polar surface area (TPSA) is 16.1 Å². The third kappa shape index (κ3) is 2.79. The van der Waals surface area contributed by atoms with Gasteiger partial charge in [0.15, 0.2) is 0 Å². The van der Waals surface area contributed by atoms with Crippen LogP contribution in [0.4, 0.5) is 11.5 Å². The molecule has 2 nitrogen and oxygen atoms in total. The molecule has 17 heavy (non-hydrogen) atoms. The van der Waals surface area contributed by atoms with Crippen molar-refractivity contribution in [3.8, 4) is 0 Å².